The number of thiocarbonyl (C=S) groups is 1. The van der Waals surface area contributed by atoms with Crippen LogP contribution in [0.15, 0.2) is 24.3 Å². The van der Waals surface area contributed by atoms with E-state index < -0.39 is 0 Å². The zero-order valence-corrected chi connectivity index (χ0v) is 15.8. The van der Waals surface area contributed by atoms with E-state index in [0.29, 0.717) is 5.11 Å². The van der Waals surface area contributed by atoms with Gasteiger partial charge in [0.15, 0.2) is 5.11 Å². The first-order chi connectivity index (χ1) is 12.3. The topological polar surface area (TPSA) is 39.8 Å². The highest BCUT2D eigenvalue weighted by Gasteiger charge is 2.11. The molecule has 0 spiro atoms. The lowest BCUT2D eigenvalue weighted by atomic mass is 10.2. The van der Waals surface area contributed by atoms with E-state index in [1.807, 2.05) is 0 Å². The number of ether oxygens (including phenoxy) is 1. The van der Waals surface area contributed by atoms with Gasteiger partial charge in [-0.2, -0.15) is 0 Å². The van der Waals surface area contributed by atoms with Crippen molar-refractivity contribution in [2.24, 2.45) is 0 Å². The van der Waals surface area contributed by atoms with E-state index in [9.17, 15) is 0 Å². The predicted octanol–water partition coefficient (Wildman–Crippen LogP) is 2.69. The van der Waals surface area contributed by atoms with Crippen LogP contribution in [0.3, 0.4) is 0 Å². The third kappa shape index (κ3) is 6.13. The minimum atomic E-state index is 0.691. The Morgan fingerprint density at radius 2 is 1.64 bits per heavy atom. The molecule has 0 radical (unpaired) electrons. The molecular weight excluding hydrogens is 332 g/mol. The van der Waals surface area contributed by atoms with Crippen molar-refractivity contribution in [3.63, 3.8) is 0 Å². The summed E-state index contributed by atoms with van der Waals surface area (Å²) in [5, 5.41) is 7.26. The second-order valence-corrected chi connectivity index (χ2v) is 7.19. The number of rotatable bonds is 5. The zero-order chi connectivity index (χ0) is 17.3. The van der Waals surface area contributed by atoms with Gasteiger partial charge in [0.25, 0.3) is 0 Å². The van der Waals surface area contributed by atoms with Crippen LogP contribution in [0.4, 0.5) is 11.4 Å². The summed E-state index contributed by atoms with van der Waals surface area (Å²) in [5.74, 6) is 0. The summed E-state index contributed by atoms with van der Waals surface area (Å²) < 4.78 is 5.36. The van der Waals surface area contributed by atoms with Crippen LogP contribution >= 0.6 is 12.2 Å². The highest BCUT2D eigenvalue weighted by atomic mass is 32.1. The van der Waals surface area contributed by atoms with Gasteiger partial charge < -0.3 is 20.3 Å². The zero-order valence-electron chi connectivity index (χ0n) is 15.0. The van der Waals surface area contributed by atoms with Gasteiger partial charge in [0.2, 0.25) is 0 Å². The van der Waals surface area contributed by atoms with Crippen LogP contribution in [-0.4, -0.2) is 62.5 Å². The molecule has 2 heterocycles. The molecule has 2 N–H and O–H groups in total. The molecule has 1 aromatic rings. The molecule has 6 heteroatoms. The summed E-state index contributed by atoms with van der Waals surface area (Å²) in [6.45, 7) is 7.91. The molecule has 2 fully saturated rings. The van der Waals surface area contributed by atoms with Crippen molar-refractivity contribution in [2.45, 2.75) is 25.7 Å². The molecule has 138 valence electrons. The van der Waals surface area contributed by atoms with E-state index in [4.69, 9.17) is 17.0 Å². The minimum absolute atomic E-state index is 0.691. The number of nitrogens with one attached hydrogen (secondary N) is 2. The fraction of sp³-hybridized carbons (Fsp3) is 0.632. The molecule has 3 rings (SSSR count). The molecular formula is C19H30N4OS. The predicted molar refractivity (Wildman–Crippen MR) is 109 cm³/mol. The van der Waals surface area contributed by atoms with Gasteiger partial charge in [-0.25, -0.2) is 0 Å². The molecule has 0 bridgehead atoms. The van der Waals surface area contributed by atoms with Crippen LogP contribution in [0.1, 0.15) is 25.7 Å². The van der Waals surface area contributed by atoms with Crippen LogP contribution in [0.25, 0.3) is 0 Å². The third-order valence-corrected chi connectivity index (χ3v) is 5.16. The molecule has 1 aromatic carbocycles. The fourth-order valence-electron chi connectivity index (χ4n) is 3.41. The first-order valence-corrected chi connectivity index (χ1v) is 9.92. The standard InChI is InChI=1S/C19H30N4OS/c25-19(20-9-12-22-13-15-24-16-14-22)21-17-5-7-18(8-6-17)23-10-3-1-2-4-11-23/h5-8H,1-4,9-16H2,(H2,20,21,25). The van der Waals surface area contributed by atoms with Crippen molar-refractivity contribution >= 4 is 28.7 Å². The molecule has 25 heavy (non-hydrogen) atoms. The highest BCUT2D eigenvalue weighted by molar-refractivity contribution is 7.80. The fourth-order valence-corrected chi connectivity index (χ4v) is 3.63. The number of benzene rings is 1. The minimum Gasteiger partial charge on any atom is -0.379 e. The number of hydrogen-bond acceptors (Lipinski definition) is 4. The quantitative estimate of drug-likeness (QED) is 0.785. The average molecular weight is 363 g/mol. The molecule has 0 aliphatic carbocycles. The van der Waals surface area contributed by atoms with Crippen molar-refractivity contribution in [3.05, 3.63) is 24.3 Å². The van der Waals surface area contributed by atoms with Crippen molar-refractivity contribution in [3.8, 4) is 0 Å². The van der Waals surface area contributed by atoms with E-state index in [1.54, 1.807) is 0 Å². The monoisotopic (exact) mass is 362 g/mol. The van der Waals surface area contributed by atoms with Crippen LogP contribution in [-0.2, 0) is 4.74 Å². The van der Waals surface area contributed by atoms with E-state index in [2.05, 4.69) is 44.7 Å². The van der Waals surface area contributed by atoms with Gasteiger partial charge in [-0.05, 0) is 49.3 Å². The maximum absolute atomic E-state index is 5.40. The van der Waals surface area contributed by atoms with Gasteiger partial charge in [-0.15, -0.1) is 0 Å². The maximum atomic E-state index is 5.40. The van der Waals surface area contributed by atoms with Crippen molar-refractivity contribution in [1.82, 2.24) is 10.2 Å². The Bertz CT molecular complexity index is 523. The Morgan fingerprint density at radius 1 is 0.960 bits per heavy atom. The van der Waals surface area contributed by atoms with Gasteiger partial charge in [0, 0.05) is 50.6 Å². The molecule has 5 nitrogen and oxygen atoms in total. The normalized spacial score (nSPS) is 19.3. The van der Waals surface area contributed by atoms with E-state index in [-0.39, 0.29) is 0 Å². The molecule has 0 unspecified atom stereocenters. The Balaban J connectivity index is 1.40. The molecule has 2 saturated heterocycles. The van der Waals surface area contributed by atoms with Crippen molar-refractivity contribution in [1.29, 1.82) is 0 Å². The van der Waals surface area contributed by atoms with Crippen LogP contribution in [0, 0.1) is 0 Å². The van der Waals surface area contributed by atoms with Gasteiger partial charge in [0.1, 0.15) is 0 Å². The second-order valence-electron chi connectivity index (χ2n) is 6.78. The van der Waals surface area contributed by atoms with E-state index in [1.165, 1.54) is 44.5 Å². The number of nitrogens with zero attached hydrogens (tertiary/aromatic N) is 2. The Hall–Kier alpha value is -1.37. The summed E-state index contributed by atoms with van der Waals surface area (Å²) in [5.41, 5.74) is 2.36. The summed E-state index contributed by atoms with van der Waals surface area (Å²) in [4.78, 5) is 4.89. The molecule has 0 aromatic heterocycles. The largest absolute Gasteiger partial charge is 0.379 e. The summed E-state index contributed by atoms with van der Waals surface area (Å²) >= 11 is 5.40. The lowest BCUT2D eigenvalue weighted by Crippen LogP contribution is -2.42. The Morgan fingerprint density at radius 3 is 2.32 bits per heavy atom. The SMILES string of the molecule is S=C(NCCN1CCOCC1)Nc1ccc(N2CCCCCC2)cc1. The van der Waals surface area contributed by atoms with E-state index >= 15 is 0 Å². The summed E-state index contributed by atoms with van der Waals surface area (Å²) in [6.07, 6.45) is 5.33. The number of morpholine rings is 1. The Labute approximate surface area is 156 Å². The second kappa shape index (κ2) is 9.94. The summed E-state index contributed by atoms with van der Waals surface area (Å²) in [6, 6.07) is 8.64. The lowest BCUT2D eigenvalue weighted by molar-refractivity contribution is 0.0389. The number of hydrogen-bond donors (Lipinski definition) is 2. The highest BCUT2D eigenvalue weighted by Crippen LogP contribution is 2.21. The van der Waals surface area contributed by atoms with Crippen LogP contribution in [0.2, 0.25) is 0 Å². The van der Waals surface area contributed by atoms with Crippen LogP contribution in [0.5, 0.6) is 0 Å². The first-order valence-electron chi connectivity index (χ1n) is 9.51. The molecule has 2 aliphatic rings. The smallest absolute Gasteiger partial charge is 0.170 e. The third-order valence-electron chi connectivity index (χ3n) is 4.91. The average Bonchev–Trinajstić information content (AvgIpc) is 2.93. The van der Waals surface area contributed by atoms with E-state index in [0.717, 1.165) is 45.1 Å². The van der Waals surface area contributed by atoms with Gasteiger partial charge >= 0.3 is 0 Å². The molecule has 0 saturated carbocycles. The summed E-state index contributed by atoms with van der Waals surface area (Å²) in [7, 11) is 0. The molecule has 0 amide bonds. The molecule has 0 atom stereocenters. The Kier molecular flexibility index (Phi) is 7.33. The number of anilines is 2. The van der Waals surface area contributed by atoms with Gasteiger partial charge in [-0.1, -0.05) is 12.8 Å². The molecule has 2 aliphatic heterocycles. The van der Waals surface area contributed by atoms with Gasteiger partial charge in [0.05, 0.1) is 13.2 Å². The maximum Gasteiger partial charge on any atom is 0.170 e. The van der Waals surface area contributed by atoms with Crippen LogP contribution < -0.4 is 15.5 Å². The first kappa shape index (κ1) is 18.4. The van der Waals surface area contributed by atoms with Crippen molar-refractivity contribution < 1.29 is 4.74 Å². The van der Waals surface area contributed by atoms with Gasteiger partial charge in [-0.3, -0.25) is 4.90 Å². The lowest BCUT2D eigenvalue weighted by Gasteiger charge is -2.26. The van der Waals surface area contributed by atoms with Crippen molar-refractivity contribution in [2.75, 3.05) is 62.7 Å².